The molecule has 0 bridgehead atoms. The molecule has 0 saturated carbocycles. The van der Waals surface area contributed by atoms with E-state index >= 15 is 0 Å². The average Bonchev–Trinajstić information content (AvgIpc) is 2.89. The normalized spacial score (nSPS) is 18.5. The fourth-order valence-corrected chi connectivity index (χ4v) is 3.87. The molecule has 0 spiro atoms. The summed E-state index contributed by atoms with van der Waals surface area (Å²) in [5.74, 6) is 4.27. The summed E-state index contributed by atoms with van der Waals surface area (Å²) >= 11 is 2.01. The predicted octanol–water partition coefficient (Wildman–Crippen LogP) is 3.92. The van der Waals surface area contributed by atoms with Crippen LogP contribution < -0.4 is 10.6 Å². The Morgan fingerprint density at radius 1 is 1.39 bits per heavy atom. The molecule has 1 saturated heterocycles. The van der Waals surface area contributed by atoms with Crippen molar-refractivity contribution >= 4 is 52.7 Å². The Hall–Kier alpha value is -0.890. The number of thioether (sulfide) groups is 1. The Morgan fingerprint density at radius 3 is 2.91 bits per heavy atom. The van der Waals surface area contributed by atoms with Gasteiger partial charge in [0.15, 0.2) is 5.96 Å². The van der Waals surface area contributed by atoms with E-state index in [1.54, 1.807) is 0 Å². The number of hydrogen-bond acceptors (Lipinski definition) is 3. The van der Waals surface area contributed by atoms with Crippen LogP contribution in [-0.2, 0) is 6.54 Å². The lowest BCUT2D eigenvalue weighted by Gasteiger charge is -2.24. The molecule has 6 heteroatoms. The zero-order valence-electron chi connectivity index (χ0n) is 13.6. The molecule has 3 rings (SSSR count). The van der Waals surface area contributed by atoms with E-state index in [-0.39, 0.29) is 24.0 Å². The summed E-state index contributed by atoms with van der Waals surface area (Å²) in [6.07, 6.45) is 2.50. The van der Waals surface area contributed by atoms with Crippen molar-refractivity contribution in [2.45, 2.75) is 32.4 Å². The highest BCUT2D eigenvalue weighted by Gasteiger charge is 2.15. The van der Waals surface area contributed by atoms with Gasteiger partial charge in [-0.15, -0.1) is 24.0 Å². The molecule has 1 atom stereocenters. The van der Waals surface area contributed by atoms with E-state index in [4.69, 9.17) is 4.42 Å². The second-order valence-electron chi connectivity index (χ2n) is 5.63. The maximum absolute atomic E-state index is 5.93. The molecular weight excluding hydrogens is 421 g/mol. The van der Waals surface area contributed by atoms with Crippen LogP contribution in [0.1, 0.15) is 24.2 Å². The first-order valence-electron chi connectivity index (χ1n) is 7.80. The van der Waals surface area contributed by atoms with Crippen LogP contribution in [0.25, 0.3) is 11.0 Å². The Labute approximate surface area is 158 Å². The fourth-order valence-electron chi connectivity index (χ4n) is 2.80. The SMILES string of the molecule is CN=C(NCc1oc2ccccc2c1C)NC1CCCSC1.I. The molecule has 2 N–H and O–H groups in total. The van der Waals surface area contributed by atoms with Gasteiger partial charge in [-0.05, 0) is 31.6 Å². The lowest BCUT2D eigenvalue weighted by Crippen LogP contribution is -2.45. The third kappa shape index (κ3) is 4.56. The molecule has 0 radical (unpaired) electrons. The number of aliphatic imine (C=N–C) groups is 1. The van der Waals surface area contributed by atoms with Crippen molar-refractivity contribution in [3.63, 3.8) is 0 Å². The number of guanidine groups is 1. The van der Waals surface area contributed by atoms with Crippen molar-refractivity contribution in [2.24, 2.45) is 4.99 Å². The van der Waals surface area contributed by atoms with Crippen LogP contribution in [0.5, 0.6) is 0 Å². The van der Waals surface area contributed by atoms with E-state index in [9.17, 15) is 0 Å². The number of hydrogen-bond donors (Lipinski definition) is 2. The molecule has 1 aromatic heterocycles. The first kappa shape index (κ1) is 18.4. The lowest BCUT2D eigenvalue weighted by atomic mass is 10.1. The molecule has 1 aromatic carbocycles. The first-order chi connectivity index (χ1) is 10.8. The van der Waals surface area contributed by atoms with Crippen LogP contribution in [0, 0.1) is 6.92 Å². The van der Waals surface area contributed by atoms with Gasteiger partial charge < -0.3 is 15.1 Å². The zero-order chi connectivity index (χ0) is 15.4. The number of nitrogens with one attached hydrogen (secondary N) is 2. The molecule has 2 aromatic rings. The summed E-state index contributed by atoms with van der Waals surface area (Å²) in [4.78, 5) is 4.32. The maximum Gasteiger partial charge on any atom is 0.191 e. The number of aryl methyl sites for hydroxylation is 1. The molecule has 1 aliphatic heterocycles. The standard InChI is InChI=1S/C17H23N3OS.HI/c1-12-14-7-3-4-8-15(14)21-16(12)10-19-17(18-2)20-13-6-5-9-22-11-13;/h3-4,7-8,13H,5-6,9-11H2,1-2H3,(H2,18,19,20);1H. The van der Waals surface area contributed by atoms with E-state index in [1.807, 2.05) is 37.0 Å². The monoisotopic (exact) mass is 445 g/mol. The van der Waals surface area contributed by atoms with E-state index < -0.39 is 0 Å². The third-order valence-electron chi connectivity index (χ3n) is 4.08. The average molecular weight is 445 g/mol. The molecule has 0 amide bonds. The van der Waals surface area contributed by atoms with Gasteiger partial charge in [0.05, 0.1) is 6.54 Å². The zero-order valence-corrected chi connectivity index (χ0v) is 16.7. The number of nitrogens with zero attached hydrogens (tertiary/aromatic N) is 1. The number of furan rings is 1. The van der Waals surface area contributed by atoms with Gasteiger partial charge in [0.2, 0.25) is 0 Å². The van der Waals surface area contributed by atoms with Crippen molar-refractivity contribution in [1.29, 1.82) is 0 Å². The molecule has 4 nitrogen and oxygen atoms in total. The van der Waals surface area contributed by atoms with Crippen LogP contribution in [-0.4, -0.2) is 30.6 Å². The Kier molecular flexibility index (Phi) is 7.08. The summed E-state index contributed by atoms with van der Waals surface area (Å²) in [5.41, 5.74) is 2.15. The Morgan fingerprint density at radius 2 is 2.22 bits per heavy atom. The third-order valence-corrected chi connectivity index (χ3v) is 5.30. The van der Waals surface area contributed by atoms with E-state index in [2.05, 4.69) is 28.6 Å². The summed E-state index contributed by atoms with van der Waals surface area (Å²) in [6, 6.07) is 8.68. The van der Waals surface area contributed by atoms with E-state index in [1.165, 1.54) is 29.5 Å². The van der Waals surface area contributed by atoms with Gasteiger partial charge in [0.1, 0.15) is 11.3 Å². The summed E-state index contributed by atoms with van der Waals surface area (Å²) < 4.78 is 5.93. The van der Waals surface area contributed by atoms with Crippen molar-refractivity contribution in [1.82, 2.24) is 10.6 Å². The molecule has 1 fully saturated rings. The van der Waals surface area contributed by atoms with Crippen molar-refractivity contribution in [2.75, 3.05) is 18.6 Å². The van der Waals surface area contributed by atoms with Crippen LogP contribution >= 0.6 is 35.7 Å². The first-order valence-corrected chi connectivity index (χ1v) is 8.95. The predicted molar refractivity (Wildman–Crippen MR) is 110 cm³/mol. The molecule has 1 unspecified atom stereocenters. The second-order valence-corrected chi connectivity index (χ2v) is 6.78. The van der Waals surface area contributed by atoms with Crippen molar-refractivity contribution in [3.8, 4) is 0 Å². The van der Waals surface area contributed by atoms with Crippen LogP contribution in [0.3, 0.4) is 0 Å². The van der Waals surface area contributed by atoms with E-state index in [0.717, 1.165) is 23.1 Å². The van der Waals surface area contributed by atoms with E-state index in [0.29, 0.717) is 12.6 Å². The van der Waals surface area contributed by atoms with Crippen LogP contribution in [0.4, 0.5) is 0 Å². The number of halogens is 1. The van der Waals surface area contributed by atoms with Gasteiger partial charge >= 0.3 is 0 Å². The van der Waals surface area contributed by atoms with Crippen LogP contribution in [0.2, 0.25) is 0 Å². The highest BCUT2D eigenvalue weighted by molar-refractivity contribution is 14.0. The minimum atomic E-state index is 0. The number of rotatable bonds is 3. The molecule has 0 aliphatic carbocycles. The summed E-state index contributed by atoms with van der Waals surface area (Å²) in [6.45, 7) is 2.76. The van der Waals surface area contributed by atoms with Gasteiger partial charge in [-0.25, -0.2) is 0 Å². The smallest absolute Gasteiger partial charge is 0.191 e. The number of fused-ring (bicyclic) bond motifs is 1. The molecule has 23 heavy (non-hydrogen) atoms. The fraction of sp³-hybridized carbons (Fsp3) is 0.471. The van der Waals surface area contributed by atoms with Gasteiger partial charge in [0.25, 0.3) is 0 Å². The van der Waals surface area contributed by atoms with Gasteiger partial charge in [-0.2, -0.15) is 11.8 Å². The minimum Gasteiger partial charge on any atom is -0.459 e. The van der Waals surface area contributed by atoms with Crippen LogP contribution in [0.15, 0.2) is 33.7 Å². The highest BCUT2D eigenvalue weighted by atomic mass is 127. The number of benzene rings is 1. The second kappa shape index (κ2) is 8.82. The van der Waals surface area contributed by atoms with Gasteiger partial charge in [0, 0.05) is 29.8 Å². The summed E-state index contributed by atoms with van der Waals surface area (Å²) in [5, 5.41) is 8.06. The lowest BCUT2D eigenvalue weighted by molar-refractivity contribution is 0.528. The molecule has 1 aliphatic rings. The molecular formula is C17H24IN3OS. The highest BCUT2D eigenvalue weighted by Crippen LogP contribution is 2.24. The van der Waals surface area contributed by atoms with Crippen molar-refractivity contribution < 1.29 is 4.42 Å². The van der Waals surface area contributed by atoms with Gasteiger partial charge in [-0.1, -0.05) is 18.2 Å². The Balaban J connectivity index is 0.00000192. The molecule has 126 valence electrons. The molecule has 2 heterocycles. The largest absolute Gasteiger partial charge is 0.459 e. The Bertz CT molecular complexity index is 665. The number of para-hydroxylation sites is 1. The van der Waals surface area contributed by atoms with Crippen molar-refractivity contribution in [3.05, 3.63) is 35.6 Å². The summed E-state index contributed by atoms with van der Waals surface area (Å²) in [7, 11) is 1.82. The maximum atomic E-state index is 5.93. The van der Waals surface area contributed by atoms with Gasteiger partial charge in [-0.3, -0.25) is 4.99 Å². The quantitative estimate of drug-likeness (QED) is 0.427. The minimum absolute atomic E-state index is 0. The topological polar surface area (TPSA) is 49.6 Å².